The second-order valence-corrected chi connectivity index (χ2v) is 6.06. The molecule has 5 nitrogen and oxygen atoms in total. The molecule has 2 N–H and O–H groups in total. The number of carbonyl (C=O) groups is 3. The van der Waals surface area contributed by atoms with Gasteiger partial charge in [-0.15, -0.1) is 0 Å². The molecule has 0 aliphatic rings. The van der Waals surface area contributed by atoms with E-state index in [1.807, 2.05) is 19.9 Å². The number of nitrogens with one attached hydrogen (secondary N) is 2. The quantitative estimate of drug-likeness (QED) is 0.752. The van der Waals surface area contributed by atoms with Crippen molar-refractivity contribution < 1.29 is 14.4 Å². The number of Topliss-reactive ketones (excluding diaryl/α,β-unsaturated/α-hetero) is 1. The SMILES string of the molecule is CC(C)C(=O)Nc1ccc(NC(=O)CCC(=O)c2ccccc2)cc1. The first-order valence-corrected chi connectivity index (χ1v) is 8.24. The van der Waals surface area contributed by atoms with E-state index in [1.54, 1.807) is 48.5 Å². The van der Waals surface area contributed by atoms with Crippen molar-refractivity contribution in [3.05, 3.63) is 60.2 Å². The average Bonchev–Trinajstić information content (AvgIpc) is 2.62. The smallest absolute Gasteiger partial charge is 0.226 e. The molecule has 0 radical (unpaired) electrons. The molecule has 0 aliphatic heterocycles. The van der Waals surface area contributed by atoms with Gasteiger partial charge in [-0.3, -0.25) is 14.4 Å². The maximum Gasteiger partial charge on any atom is 0.226 e. The number of hydrogen-bond donors (Lipinski definition) is 2. The monoisotopic (exact) mass is 338 g/mol. The first kappa shape index (κ1) is 18.4. The zero-order chi connectivity index (χ0) is 18.2. The minimum absolute atomic E-state index is 0.0532. The molecule has 0 aromatic heterocycles. The Morgan fingerprint density at radius 1 is 0.800 bits per heavy atom. The molecule has 130 valence electrons. The molecule has 2 rings (SSSR count). The molecule has 2 amide bonds. The van der Waals surface area contributed by atoms with Crippen LogP contribution in [0.25, 0.3) is 0 Å². The summed E-state index contributed by atoms with van der Waals surface area (Å²) in [4.78, 5) is 35.6. The zero-order valence-corrected chi connectivity index (χ0v) is 14.4. The van der Waals surface area contributed by atoms with Crippen LogP contribution in [0.4, 0.5) is 11.4 Å². The molecule has 2 aromatic rings. The predicted octanol–water partition coefficient (Wildman–Crippen LogP) is 3.88. The van der Waals surface area contributed by atoms with E-state index in [4.69, 9.17) is 0 Å². The standard InChI is InChI=1S/C20H22N2O3/c1-14(2)20(25)22-17-10-8-16(9-11-17)21-19(24)13-12-18(23)15-6-4-3-5-7-15/h3-11,14H,12-13H2,1-2H3,(H,21,24)(H,22,25). The van der Waals surface area contributed by atoms with Gasteiger partial charge in [-0.25, -0.2) is 0 Å². The number of carbonyl (C=O) groups excluding carboxylic acids is 3. The Hall–Kier alpha value is -2.95. The van der Waals surface area contributed by atoms with Crippen LogP contribution in [0.5, 0.6) is 0 Å². The highest BCUT2D eigenvalue weighted by Crippen LogP contribution is 2.15. The summed E-state index contributed by atoms with van der Waals surface area (Å²) < 4.78 is 0. The minimum Gasteiger partial charge on any atom is -0.326 e. The lowest BCUT2D eigenvalue weighted by Gasteiger charge is -2.09. The van der Waals surface area contributed by atoms with Gasteiger partial charge in [0.2, 0.25) is 11.8 Å². The molecule has 0 fully saturated rings. The fraction of sp³-hybridized carbons (Fsp3) is 0.250. The summed E-state index contributed by atoms with van der Waals surface area (Å²) in [5.41, 5.74) is 1.91. The second-order valence-electron chi connectivity index (χ2n) is 6.06. The number of hydrogen-bond acceptors (Lipinski definition) is 3. The number of amides is 2. The number of benzene rings is 2. The van der Waals surface area contributed by atoms with Crippen molar-refractivity contribution in [1.29, 1.82) is 0 Å². The van der Waals surface area contributed by atoms with Crippen LogP contribution in [0.1, 0.15) is 37.0 Å². The van der Waals surface area contributed by atoms with Crippen molar-refractivity contribution in [1.82, 2.24) is 0 Å². The molecule has 25 heavy (non-hydrogen) atoms. The van der Waals surface area contributed by atoms with E-state index in [0.717, 1.165) is 0 Å². The predicted molar refractivity (Wildman–Crippen MR) is 98.5 cm³/mol. The first-order chi connectivity index (χ1) is 12.0. The Balaban J connectivity index is 1.82. The van der Waals surface area contributed by atoms with E-state index in [9.17, 15) is 14.4 Å². The number of ketones is 1. The van der Waals surface area contributed by atoms with E-state index >= 15 is 0 Å². The molecule has 0 saturated carbocycles. The van der Waals surface area contributed by atoms with Gasteiger partial charge in [0, 0.05) is 35.7 Å². The molecule has 5 heteroatoms. The van der Waals surface area contributed by atoms with Crippen molar-refractivity contribution >= 4 is 29.0 Å². The van der Waals surface area contributed by atoms with Crippen LogP contribution in [0.2, 0.25) is 0 Å². The van der Waals surface area contributed by atoms with Crippen LogP contribution < -0.4 is 10.6 Å². The second kappa shape index (κ2) is 8.78. The van der Waals surface area contributed by atoms with Gasteiger partial charge in [0.25, 0.3) is 0 Å². The van der Waals surface area contributed by atoms with E-state index in [2.05, 4.69) is 10.6 Å². The third kappa shape index (κ3) is 5.88. The molecular weight excluding hydrogens is 316 g/mol. The number of anilines is 2. The molecule has 0 unspecified atom stereocenters. The molecule has 0 heterocycles. The molecule has 0 spiro atoms. The summed E-state index contributed by atoms with van der Waals surface area (Å²) in [7, 11) is 0. The van der Waals surface area contributed by atoms with Crippen LogP contribution in [0, 0.1) is 5.92 Å². The van der Waals surface area contributed by atoms with Crippen LogP contribution in [0.15, 0.2) is 54.6 Å². The lowest BCUT2D eigenvalue weighted by molar-refractivity contribution is -0.119. The number of rotatable bonds is 7. The van der Waals surface area contributed by atoms with Crippen molar-refractivity contribution in [3.8, 4) is 0 Å². The zero-order valence-electron chi connectivity index (χ0n) is 14.4. The lowest BCUT2D eigenvalue weighted by atomic mass is 10.1. The summed E-state index contributed by atoms with van der Waals surface area (Å²) in [5.74, 6) is -0.427. The Labute approximate surface area is 147 Å². The lowest BCUT2D eigenvalue weighted by Crippen LogP contribution is -2.17. The molecule has 0 saturated heterocycles. The van der Waals surface area contributed by atoms with Gasteiger partial charge >= 0.3 is 0 Å². The molecule has 2 aromatic carbocycles. The molecular formula is C20H22N2O3. The van der Waals surface area contributed by atoms with E-state index in [0.29, 0.717) is 16.9 Å². The maximum atomic E-state index is 12.0. The van der Waals surface area contributed by atoms with Crippen molar-refractivity contribution in [2.75, 3.05) is 10.6 Å². The normalized spacial score (nSPS) is 10.4. The van der Waals surface area contributed by atoms with Crippen LogP contribution in [-0.2, 0) is 9.59 Å². The summed E-state index contributed by atoms with van der Waals surface area (Å²) in [6, 6.07) is 15.8. The van der Waals surface area contributed by atoms with Gasteiger partial charge in [-0.05, 0) is 24.3 Å². The highest BCUT2D eigenvalue weighted by atomic mass is 16.2. The minimum atomic E-state index is -0.219. The van der Waals surface area contributed by atoms with E-state index in [-0.39, 0.29) is 36.4 Å². The van der Waals surface area contributed by atoms with Crippen molar-refractivity contribution in [2.24, 2.45) is 5.92 Å². The first-order valence-electron chi connectivity index (χ1n) is 8.24. The van der Waals surface area contributed by atoms with Gasteiger partial charge in [0.15, 0.2) is 5.78 Å². The fourth-order valence-electron chi connectivity index (χ4n) is 2.14. The van der Waals surface area contributed by atoms with E-state index in [1.165, 1.54) is 0 Å². The van der Waals surface area contributed by atoms with Crippen LogP contribution in [-0.4, -0.2) is 17.6 Å². The largest absolute Gasteiger partial charge is 0.326 e. The Kier molecular flexibility index (Phi) is 6.46. The van der Waals surface area contributed by atoms with E-state index < -0.39 is 0 Å². The van der Waals surface area contributed by atoms with Gasteiger partial charge < -0.3 is 10.6 Å². The van der Waals surface area contributed by atoms with Gasteiger partial charge in [-0.2, -0.15) is 0 Å². The Morgan fingerprint density at radius 3 is 1.92 bits per heavy atom. The van der Waals surface area contributed by atoms with Gasteiger partial charge in [0.1, 0.15) is 0 Å². The van der Waals surface area contributed by atoms with Gasteiger partial charge in [0.05, 0.1) is 0 Å². The van der Waals surface area contributed by atoms with Crippen LogP contribution in [0.3, 0.4) is 0 Å². The topological polar surface area (TPSA) is 75.3 Å². The van der Waals surface area contributed by atoms with Crippen molar-refractivity contribution in [3.63, 3.8) is 0 Å². The van der Waals surface area contributed by atoms with Crippen LogP contribution >= 0.6 is 0 Å². The maximum absolute atomic E-state index is 12.0. The fourth-order valence-corrected chi connectivity index (χ4v) is 2.14. The summed E-state index contributed by atoms with van der Waals surface area (Å²) in [5, 5.41) is 5.53. The molecule has 0 aliphatic carbocycles. The van der Waals surface area contributed by atoms with Gasteiger partial charge in [-0.1, -0.05) is 44.2 Å². The Bertz CT molecular complexity index is 737. The highest BCUT2D eigenvalue weighted by Gasteiger charge is 2.10. The third-order valence-corrected chi connectivity index (χ3v) is 3.64. The summed E-state index contributed by atoms with van der Waals surface area (Å²) in [6.07, 6.45) is 0.290. The Morgan fingerprint density at radius 2 is 1.36 bits per heavy atom. The molecule has 0 bridgehead atoms. The summed E-state index contributed by atoms with van der Waals surface area (Å²) in [6.45, 7) is 3.64. The highest BCUT2D eigenvalue weighted by molar-refractivity contribution is 6.00. The third-order valence-electron chi connectivity index (χ3n) is 3.64. The summed E-state index contributed by atoms with van der Waals surface area (Å²) >= 11 is 0. The molecule has 0 atom stereocenters. The van der Waals surface area contributed by atoms with Crippen molar-refractivity contribution in [2.45, 2.75) is 26.7 Å². The average molecular weight is 338 g/mol.